The Morgan fingerprint density at radius 2 is 2.12 bits per heavy atom. The third kappa shape index (κ3) is 3.20. The molecule has 1 nitrogen and oxygen atoms in total. The number of likely N-dealkylation sites (N-methyl/N-ethyl adjacent to an activating group) is 1. The van der Waals surface area contributed by atoms with Crippen LogP contribution < -0.4 is 5.32 Å². The standard InChI is InChI=1S/C14H19ClFN/c1-17-14(10-4-2-3-5-10)8-11-6-7-12(15)9-13(11)16/h6-7,9-10,14,17H,2-5,8H2,1H3. The maximum atomic E-state index is 13.7. The molecule has 1 saturated carbocycles. The molecule has 0 heterocycles. The molecule has 0 aliphatic heterocycles. The van der Waals surface area contributed by atoms with Gasteiger partial charge in [0.05, 0.1) is 0 Å². The highest BCUT2D eigenvalue weighted by molar-refractivity contribution is 6.30. The molecule has 1 fully saturated rings. The van der Waals surface area contributed by atoms with Crippen molar-refractivity contribution in [1.82, 2.24) is 5.32 Å². The van der Waals surface area contributed by atoms with Crippen molar-refractivity contribution in [3.8, 4) is 0 Å². The summed E-state index contributed by atoms with van der Waals surface area (Å²) in [4.78, 5) is 0. The van der Waals surface area contributed by atoms with Gasteiger partial charge in [-0.25, -0.2) is 4.39 Å². The van der Waals surface area contributed by atoms with E-state index in [0.717, 1.165) is 12.0 Å². The van der Waals surface area contributed by atoms with E-state index in [4.69, 9.17) is 11.6 Å². The Morgan fingerprint density at radius 1 is 1.41 bits per heavy atom. The van der Waals surface area contributed by atoms with Crippen LogP contribution in [0.4, 0.5) is 4.39 Å². The highest BCUT2D eigenvalue weighted by atomic mass is 35.5. The average molecular weight is 256 g/mol. The second-order valence-corrected chi connectivity index (χ2v) is 5.32. The quantitative estimate of drug-likeness (QED) is 0.863. The van der Waals surface area contributed by atoms with Crippen molar-refractivity contribution in [2.24, 2.45) is 5.92 Å². The van der Waals surface area contributed by atoms with E-state index in [9.17, 15) is 4.39 Å². The van der Waals surface area contributed by atoms with Crippen LogP contribution in [0.15, 0.2) is 18.2 Å². The molecule has 94 valence electrons. The molecule has 1 atom stereocenters. The average Bonchev–Trinajstić information content (AvgIpc) is 2.81. The zero-order valence-electron chi connectivity index (χ0n) is 10.2. The SMILES string of the molecule is CNC(Cc1ccc(Cl)cc1F)C1CCCC1. The lowest BCUT2D eigenvalue weighted by molar-refractivity contribution is 0.373. The topological polar surface area (TPSA) is 12.0 Å². The van der Waals surface area contributed by atoms with Gasteiger partial charge < -0.3 is 5.32 Å². The molecular formula is C14H19ClFN. The molecule has 1 aliphatic carbocycles. The lowest BCUT2D eigenvalue weighted by atomic mass is 9.92. The first-order valence-corrected chi connectivity index (χ1v) is 6.69. The maximum absolute atomic E-state index is 13.7. The normalized spacial score (nSPS) is 18.5. The van der Waals surface area contributed by atoms with E-state index in [0.29, 0.717) is 17.0 Å². The molecule has 1 aromatic rings. The van der Waals surface area contributed by atoms with Crippen LogP contribution >= 0.6 is 11.6 Å². The predicted molar refractivity (Wildman–Crippen MR) is 69.9 cm³/mol. The van der Waals surface area contributed by atoms with Crippen molar-refractivity contribution >= 4 is 11.6 Å². The summed E-state index contributed by atoms with van der Waals surface area (Å²) in [5.74, 6) is 0.505. The fourth-order valence-corrected chi connectivity index (χ4v) is 2.95. The van der Waals surface area contributed by atoms with E-state index in [1.807, 2.05) is 7.05 Å². The van der Waals surface area contributed by atoms with Gasteiger partial charge in [0.2, 0.25) is 0 Å². The van der Waals surface area contributed by atoms with Crippen LogP contribution in [0, 0.1) is 11.7 Å². The monoisotopic (exact) mass is 255 g/mol. The Hall–Kier alpha value is -0.600. The first kappa shape index (κ1) is 12.8. The van der Waals surface area contributed by atoms with Crippen molar-refractivity contribution < 1.29 is 4.39 Å². The fourth-order valence-electron chi connectivity index (χ4n) is 2.79. The van der Waals surface area contributed by atoms with Gasteiger partial charge in [-0.2, -0.15) is 0 Å². The zero-order chi connectivity index (χ0) is 12.3. The minimum Gasteiger partial charge on any atom is -0.316 e. The van der Waals surface area contributed by atoms with Crippen molar-refractivity contribution in [3.63, 3.8) is 0 Å². The molecule has 0 radical (unpaired) electrons. The van der Waals surface area contributed by atoms with E-state index >= 15 is 0 Å². The number of benzene rings is 1. The fraction of sp³-hybridized carbons (Fsp3) is 0.571. The van der Waals surface area contributed by atoms with Crippen LogP contribution in [0.2, 0.25) is 5.02 Å². The molecule has 0 amide bonds. The van der Waals surface area contributed by atoms with Crippen LogP contribution in [0.3, 0.4) is 0 Å². The molecule has 1 aliphatic rings. The van der Waals surface area contributed by atoms with E-state index in [1.54, 1.807) is 12.1 Å². The lowest BCUT2D eigenvalue weighted by Gasteiger charge is -2.23. The number of rotatable bonds is 4. The van der Waals surface area contributed by atoms with E-state index in [-0.39, 0.29) is 5.82 Å². The van der Waals surface area contributed by atoms with Crippen LogP contribution in [0.5, 0.6) is 0 Å². The minimum absolute atomic E-state index is 0.184. The minimum atomic E-state index is -0.184. The molecule has 1 aromatic carbocycles. The number of hydrogen-bond donors (Lipinski definition) is 1. The summed E-state index contributed by atoms with van der Waals surface area (Å²) in [5.41, 5.74) is 0.764. The largest absolute Gasteiger partial charge is 0.316 e. The van der Waals surface area contributed by atoms with Crippen molar-refractivity contribution in [2.75, 3.05) is 7.05 Å². The summed E-state index contributed by atoms with van der Waals surface area (Å²) < 4.78 is 13.7. The van der Waals surface area contributed by atoms with E-state index in [1.165, 1.54) is 31.7 Å². The zero-order valence-corrected chi connectivity index (χ0v) is 10.9. The Kier molecular flexibility index (Phi) is 4.41. The first-order valence-electron chi connectivity index (χ1n) is 6.32. The van der Waals surface area contributed by atoms with Gasteiger partial charge in [0.1, 0.15) is 5.82 Å². The van der Waals surface area contributed by atoms with E-state index in [2.05, 4.69) is 5.32 Å². The molecule has 1 unspecified atom stereocenters. The molecule has 0 spiro atoms. The third-order valence-electron chi connectivity index (χ3n) is 3.79. The van der Waals surface area contributed by atoms with Crippen LogP contribution in [-0.4, -0.2) is 13.1 Å². The molecule has 0 bridgehead atoms. The molecule has 0 saturated heterocycles. The Balaban J connectivity index is 2.06. The van der Waals surface area contributed by atoms with Crippen LogP contribution in [0.1, 0.15) is 31.2 Å². The Morgan fingerprint density at radius 3 is 2.71 bits per heavy atom. The summed E-state index contributed by atoms with van der Waals surface area (Å²) in [6, 6.07) is 5.35. The lowest BCUT2D eigenvalue weighted by Crippen LogP contribution is -2.34. The second-order valence-electron chi connectivity index (χ2n) is 4.88. The van der Waals surface area contributed by atoms with Gasteiger partial charge in [0, 0.05) is 11.1 Å². The highest BCUT2D eigenvalue weighted by Crippen LogP contribution is 2.29. The second kappa shape index (κ2) is 5.83. The Labute approximate surface area is 107 Å². The summed E-state index contributed by atoms with van der Waals surface area (Å²) in [7, 11) is 1.97. The third-order valence-corrected chi connectivity index (χ3v) is 4.03. The van der Waals surface area contributed by atoms with Gasteiger partial charge in [0.15, 0.2) is 0 Å². The van der Waals surface area contributed by atoms with Gasteiger partial charge >= 0.3 is 0 Å². The summed E-state index contributed by atoms with van der Waals surface area (Å²) in [6.45, 7) is 0. The van der Waals surface area contributed by atoms with Crippen molar-refractivity contribution in [2.45, 2.75) is 38.1 Å². The van der Waals surface area contributed by atoms with Gasteiger partial charge in [-0.1, -0.05) is 30.5 Å². The highest BCUT2D eigenvalue weighted by Gasteiger charge is 2.24. The molecule has 3 heteroatoms. The molecule has 1 N–H and O–H groups in total. The molecular weight excluding hydrogens is 237 g/mol. The smallest absolute Gasteiger partial charge is 0.127 e. The van der Waals surface area contributed by atoms with E-state index < -0.39 is 0 Å². The molecule has 2 rings (SSSR count). The predicted octanol–water partition coefficient (Wildman–Crippen LogP) is 3.80. The van der Waals surface area contributed by atoms with Crippen molar-refractivity contribution in [3.05, 3.63) is 34.6 Å². The summed E-state index contributed by atoms with van der Waals surface area (Å²) >= 11 is 5.76. The van der Waals surface area contributed by atoms with Crippen LogP contribution in [-0.2, 0) is 6.42 Å². The number of nitrogens with one attached hydrogen (secondary N) is 1. The van der Waals surface area contributed by atoms with Crippen LogP contribution in [0.25, 0.3) is 0 Å². The van der Waals surface area contributed by atoms with Gasteiger partial charge in [-0.3, -0.25) is 0 Å². The van der Waals surface area contributed by atoms with Crippen molar-refractivity contribution in [1.29, 1.82) is 0 Å². The molecule has 0 aromatic heterocycles. The maximum Gasteiger partial charge on any atom is 0.127 e. The summed E-state index contributed by atoms with van der Waals surface area (Å²) in [6.07, 6.45) is 5.91. The summed E-state index contributed by atoms with van der Waals surface area (Å²) in [5, 5.41) is 3.80. The first-order chi connectivity index (χ1) is 8.20. The molecule has 17 heavy (non-hydrogen) atoms. The van der Waals surface area contributed by atoms with Gasteiger partial charge in [0.25, 0.3) is 0 Å². The van der Waals surface area contributed by atoms with Gasteiger partial charge in [-0.15, -0.1) is 0 Å². The Bertz CT molecular complexity index is 374. The number of hydrogen-bond acceptors (Lipinski definition) is 1. The number of halogens is 2. The van der Waals surface area contributed by atoms with Gasteiger partial charge in [-0.05, 0) is 49.9 Å².